The van der Waals surface area contributed by atoms with Crippen molar-refractivity contribution in [3.63, 3.8) is 0 Å². The number of nitrogens with zero attached hydrogens (tertiary/aromatic N) is 1. The number of carbonyl (C=O) groups excluding carboxylic acids is 1. The molecule has 0 saturated carbocycles. The summed E-state index contributed by atoms with van der Waals surface area (Å²) >= 11 is 7.66. The van der Waals surface area contributed by atoms with E-state index >= 15 is 0 Å². The van der Waals surface area contributed by atoms with E-state index in [1.54, 1.807) is 17.4 Å². The Labute approximate surface area is 155 Å². The number of anilines is 1. The highest BCUT2D eigenvalue weighted by molar-refractivity contribution is 7.15. The summed E-state index contributed by atoms with van der Waals surface area (Å²) in [5, 5.41) is 7.24. The normalized spacial score (nSPS) is 10.5. The fourth-order valence-corrected chi connectivity index (χ4v) is 3.49. The van der Waals surface area contributed by atoms with Crippen LogP contribution >= 0.6 is 22.9 Å². The van der Waals surface area contributed by atoms with Crippen LogP contribution in [0.3, 0.4) is 0 Å². The van der Waals surface area contributed by atoms with Gasteiger partial charge in [0.05, 0.1) is 12.2 Å². The molecule has 25 heavy (non-hydrogen) atoms. The molecule has 1 heterocycles. The van der Waals surface area contributed by atoms with Gasteiger partial charge in [0.25, 0.3) is 0 Å². The number of nitrogens with one attached hydrogen (secondary N) is 2. The Morgan fingerprint density at radius 3 is 2.64 bits per heavy atom. The van der Waals surface area contributed by atoms with Crippen molar-refractivity contribution >= 4 is 34.7 Å². The number of hydrogen-bond acceptors (Lipinski definition) is 3. The molecule has 0 spiro atoms. The monoisotopic (exact) mass is 371 g/mol. The van der Waals surface area contributed by atoms with Crippen LogP contribution in [-0.2, 0) is 6.54 Å². The van der Waals surface area contributed by atoms with E-state index in [1.165, 1.54) is 0 Å². The van der Waals surface area contributed by atoms with E-state index in [1.807, 2.05) is 56.3 Å². The van der Waals surface area contributed by atoms with Gasteiger partial charge < -0.3 is 10.6 Å². The smallest absolute Gasteiger partial charge is 0.319 e. The molecule has 0 radical (unpaired) electrons. The SMILES string of the molecule is Cc1ccc(NC(=O)NCc2sc(-c3ccccc3)nc2C)cc1Cl. The molecular formula is C19H18ClN3OS. The number of aromatic nitrogens is 1. The van der Waals surface area contributed by atoms with Gasteiger partial charge in [0.1, 0.15) is 5.01 Å². The van der Waals surface area contributed by atoms with E-state index in [0.29, 0.717) is 17.3 Å². The summed E-state index contributed by atoms with van der Waals surface area (Å²) in [7, 11) is 0. The molecular weight excluding hydrogens is 354 g/mol. The first kappa shape index (κ1) is 17.5. The summed E-state index contributed by atoms with van der Waals surface area (Å²) < 4.78 is 0. The second kappa shape index (κ2) is 7.68. The molecule has 0 unspecified atom stereocenters. The maximum atomic E-state index is 12.1. The number of benzene rings is 2. The number of rotatable bonds is 4. The summed E-state index contributed by atoms with van der Waals surface area (Å²) in [6.45, 7) is 4.31. The molecule has 2 amide bonds. The van der Waals surface area contributed by atoms with E-state index in [9.17, 15) is 4.79 Å². The lowest BCUT2D eigenvalue weighted by Crippen LogP contribution is -2.28. The van der Waals surface area contributed by atoms with Crippen molar-refractivity contribution in [1.82, 2.24) is 10.3 Å². The van der Waals surface area contributed by atoms with Crippen LogP contribution in [0.25, 0.3) is 10.6 Å². The second-order valence-corrected chi connectivity index (χ2v) is 7.16. The largest absolute Gasteiger partial charge is 0.333 e. The van der Waals surface area contributed by atoms with Gasteiger partial charge in [-0.2, -0.15) is 0 Å². The molecule has 128 valence electrons. The lowest BCUT2D eigenvalue weighted by Gasteiger charge is -2.08. The van der Waals surface area contributed by atoms with Gasteiger partial charge >= 0.3 is 6.03 Å². The van der Waals surface area contributed by atoms with Gasteiger partial charge in [-0.05, 0) is 31.5 Å². The molecule has 3 aromatic rings. The molecule has 0 bridgehead atoms. The maximum Gasteiger partial charge on any atom is 0.319 e. The number of halogens is 1. The molecule has 0 atom stereocenters. The quantitative estimate of drug-likeness (QED) is 0.644. The van der Waals surface area contributed by atoms with Crippen LogP contribution in [0.15, 0.2) is 48.5 Å². The number of carbonyl (C=O) groups is 1. The molecule has 0 fully saturated rings. The minimum absolute atomic E-state index is 0.269. The van der Waals surface area contributed by atoms with Crippen LogP contribution in [0.4, 0.5) is 10.5 Å². The third kappa shape index (κ3) is 4.38. The van der Waals surface area contributed by atoms with Crippen molar-refractivity contribution in [1.29, 1.82) is 0 Å². The molecule has 6 heteroatoms. The predicted molar refractivity (Wildman–Crippen MR) is 104 cm³/mol. The van der Waals surface area contributed by atoms with Gasteiger partial charge in [0.2, 0.25) is 0 Å². The minimum Gasteiger partial charge on any atom is -0.333 e. The average Bonchev–Trinajstić information content (AvgIpc) is 2.98. The van der Waals surface area contributed by atoms with Crippen LogP contribution in [0, 0.1) is 13.8 Å². The molecule has 1 aromatic heterocycles. The summed E-state index contributed by atoms with van der Waals surface area (Å²) in [6.07, 6.45) is 0. The highest BCUT2D eigenvalue weighted by Crippen LogP contribution is 2.27. The van der Waals surface area contributed by atoms with Crippen molar-refractivity contribution in [2.24, 2.45) is 0 Å². The Kier molecular flexibility index (Phi) is 5.36. The fraction of sp³-hybridized carbons (Fsp3) is 0.158. The zero-order valence-corrected chi connectivity index (χ0v) is 15.5. The zero-order chi connectivity index (χ0) is 17.8. The fourth-order valence-electron chi connectivity index (χ4n) is 2.30. The van der Waals surface area contributed by atoms with Crippen LogP contribution in [0.2, 0.25) is 5.02 Å². The molecule has 4 nitrogen and oxygen atoms in total. The summed E-state index contributed by atoms with van der Waals surface area (Å²) in [4.78, 5) is 17.7. The van der Waals surface area contributed by atoms with E-state index < -0.39 is 0 Å². The van der Waals surface area contributed by atoms with Gasteiger partial charge in [-0.25, -0.2) is 9.78 Å². The van der Waals surface area contributed by atoms with E-state index in [-0.39, 0.29) is 6.03 Å². The molecule has 3 rings (SSSR count). The molecule has 0 aliphatic heterocycles. The van der Waals surface area contributed by atoms with Gasteiger partial charge in [-0.1, -0.05) is 48.0 Å². The number of aryl methyl sites for hydroxylation is 2. The van der Waals surface area contributed by atoms with E-state index in [2.05, 4.69) is 15.6 Å². The van der Waals surface area contributed by atoms with Crippen LogP contribution < -0.4 is 10.6 Å². The van der Waals surface area contributed by atoms with Crippen molar-refractivity contribution in [3.05, 3.63) is 69.7 Å². The van der Waals surface area contributed by atoms with E-state index in [0.717, 1.165) is 26.7 Å². The Balaban J connectivity index is 1.62. The Morgan fingerprint density at radius 2 is 1.92 bits per heavy atom. The topological polar surface area (TPSA) is 54.0 Å². The van der Waals surface area contributed by atoms with Gasteiger partial charge in [-0.15, -0.1) is 11.3 Å². The lowest BCUT2D eigenvalue weighted by atomic mass is 10.2. The van der Waals surface area contributed by atoms with Crippen molar-refractivity contribution in [3.8, 4) is 10.6 Å². The molecule has 0 aliphatic carbocycles. The average molecular weight is 372 g/mol. The number of hydrogen-bond donors (Lipinski definition) is 2. The highest BCUT2D eigenvalue weighted by Gasteiger charge is 2.10. The standard InChI is InChI=1S/C19H18ClN3OS/c1-12-8-9-15(10-16(12)20)23-19(24)21-11-17-13(2)22-18(25-17)14-6-4-3-5-7-14/h3-10H,11H2,1-2H3,(H2,21,23,24). The summed E-state index contributed by atoms with van der Waals surface area (Å²) in [5.41, 5.74) is 3.66. The first-order valence-corrected chi connectivity index (χ1v) is 9.05. The van der Waals surface area contributed by atoms with Crippen molar-refractivity contribution < 1.29 is 4.79 Å². The van der Waals surface area contributed by atoms with Gasteiger partial charge in [-0.3, -0.25) is 0 Å². The Morgan fingerprint density at radius 1 is 1.16 bits per heavy atom. The van der Waals surface area contributed by atoms with Gasteiger partial charge in [0.15, 0.2) is 0 Å². The third-order valence-corrected chi connectivity index (χ3v) is 5.37. The van der Waals surface area contributed by atoms with Crippen LogP contribution in [-0.4, -0.2) is 11.0 Å². The summed E-state index contributed by atoms with van der Waals surface area (Å²) in [5.74, 6) is 0. The first-order valence-electron chi connectivity index (χ1n) is 7.85. The third-order valence-electron chi connectivity index (χ3n) is 3.75. The Hall–Kier alpha value is -2.37. The predicted octanol–water partition coefficient (Wildman–Crippen LogP) is 5.40. The molecule has 0 saturated heterocycles. The van der Waals surface area contributed by atoms with E-state index in [4.69, 9.17) is 11.6 Å². The highest BCUT2D eigenvalue weighted by atomic mass is 35.5. The van der Waals surface area contributed by atoms with Gasteiger partial charge in [0, 0.05) is 21.2 Å². The number of urea groups is 1. The zero-order valence-electron chi connectivity index (χ0n) is 14.0. The van der Waals surface area contributed by atoms with Crippen LogP contribution in [0.5, 0.6) is 0 Å². The number of thiazole rings is 1. The molecule has 0 aliphatic rings. The lowest BCUT2D eigenvalue weighted by molar-refractivity contribution is 0.252. The maximum absolute atomic E-state index is 12.1. The molecule has 2 aromatic carbocycles. The second-order valence-electron chi connectivity index (χ2n) is 5.67. The van der Waals surface area contributed by atoms with Crippen LogP contribution in [0.1, 0.15) is 16.1 Å². The van der Waals surface area contributed by atoms with Crippen molar-refractivity contribution in [2.45, 2.75) is 20.4 Å². The Bertz CT molecular complexity index is 893. The minimum atomic E-state index is -0.269. The summed E-state index contributed by atoms with van der Waals surface area (Å²) in [6, 6.07) is 15.2. The first-order chi connectivity index (χ1) is 12.0. The van der Waals surface area contributed by atoms with Crippen molar-refractivity contribution in [2.75, 3.05) is 5.32 Å². The number of amides is 2. The molecule has 2 N–H and O–H groups in total.